The summed E-state index contributed by atoms with van der Waals surface area (Å²) in [6.07, 6.45) is 2.15. The van der Waals surface area contributed by atoms with Gasteiger partial charge in [0, 0.05) is 20.7 Å². The number of benzene rings is 3. The molecule has 0 aliphatic rings. The third-order valence-corrected chi connectivity index (χ3v) is 5.64. The summed E-state index contributed by atoms with van der Waals surface area (Å²) in [5.41, 5.74) is 4.10. The molecule has 186 valence electrons. The zero-order valence-corrected chi connectivity index (χ0v) is 21.9. The second-order valence-electron chi connectivity index (χ2n) is 7.56. The second kappa shape index (κ2) is 12.9. The molecule has 0 atom stereocenters. The van der Waals surface area contributed by atoms with Gasteiger partial charge in [0.25, 0.3) is 0 Å². The van der Waals surface area contributed by atoms with Crippen molar-refractivity contribution in [3.8, 4) is 11.5 Å². The smallest absolute Gasteiger partial charge is 0.343 e. The lowest BCUT2D eigenvalue weighted by Gasteiger charge is -2.09. The molecule has 0 aliphatic heterocycles. The first kappa shape index (κ1) is 26.9. The van der Waals surface area contributed by atoms with Crippen LogP contribution < -0.4 is 20.2 Å². The Hall–Kier alpha value is -3.69. The fourth-order valence-corrected chi connectivity index (χ4v) is 3.41. The number of nitrogens with one attached hydrogen (secondary N) is 2. The van der Waals surface area contributed by atoms with Gasteiger partial charge in [-0.15, -0.1) is 0 Å². The van der Waals surface area contributed by atoms with E-state index >= 15 is 0 Å². The van der Waals surface area contributed by atoms with Crippen LogP contribution in [0.15, 0.2) is 70.2 Å². The number of nitrogens with zero attached hydrogens (tertiary/aromatic N) is 1. The highest BCUT2D eigenvalue weighted by Gasteiger charge is 2.15. The van der Waals surface area contributed by atoms with Gasteiger partial charge in [-0.25, -0.2) is 10.2 Å². The summed E-state index contributed by atoms with van der Waals surface area (Å²) in [6.45, 7) is 4.42. The first-order valence-corrected chi connectivity index (χ1v) is 12.1. The summed E-state index contributed by atoms with van der Waals surface area (Å²) in [4.78, 5) is 36.9. The topological polar surface area (TPSA) is 106 Å². The number of rotatable bonds is 8. The molecule has 0 heterocycles. The van der Waals surface area contributed by atoms with Crippen molar-refractivity contribution in [2.75, 3.05) is 11.9 Å². The Kier molecular flexibility index (Phi) is 9.61. The highest BCUT2D eigenvalue weighted by Crippen LogP contribution is 2.24. The van der Waals surface area contributed by atoms with Crippen molar-refractivity contribution in [1.82, 2.24) is 5.43 Å². The van der Waals surface area contributed by atoms with Crippen LogP contribution in [-0.4, -0.2) is 30.6 Å². The monoisotopic (exact) mass is 571 g/mol. The van der Waals surface area contributed by atoms with E-state index in [1.54, 1.807) is 60.7 Å². The highest BCUT2D eigenvalue weighted by atomic mass is 79.9. The van der Waals surface area contributed by atoms with Crippen LogP contribution in [0.5, 0.6) is 11.5 Å². The molecule has 36 heavy (non-hydrogen) atoms. The normalized spacial score (nSPS) is 10.7. The Bertz CT molecular complexity index is 1300. The Morgan fingerprint density at radius 1 is 1.03 bits per heavy atom. The van der Waals surface area contributed by atoms with Crippen LogP contribution in [0, 0.1) is 6.92 Å². The number of hydrogen-bond acceptors (Lipinski definition) is 6. The molecule has 3 aromatic rings. The molecule has 0 aliphatic carbocycles. The van der Waals surface area contributed by atoms with Gasteiger partial charge in [-0.1, -0.05) is 40.5 Å². The third kappa shape index (κ3) is 7.66. The predicted molar refractivity (Wildman–Crippen MR) is 142 cm³/mol. The van der Waals surface area contributed by atoms with Crippen molar-refractivity contribution in [2.24, 2.45) is 5.10 Å². The van der Waals surface area contributed by atoms with Gasteiger partial charge < -0.3 is 14.8 Å². The third-order valence-electron chi connectivity index (χ3n) is 4.74. The van der Waals surface area contributed by atoms with Crippen molar-refractivity contribution in [2.45, 2.75) is 20.3 Å². The number of hydrogen-bond donors (Lipinski definition) is 2. The molecule has 0 fully saturated rings. The second-order valence-corrected chi connectivity index (χ2v) is 8.88. The van der Waals surface area contributed by atoms with Gasteiger partial charge in [0.15, 0.2) is 0 Å². The van der Waals surface area contributed by atoms with Crippen LogP contribution in [0.3, 0.4) is 0 Å². The summed E-state index contributed by atoms with van der Waals surface area (Å²) in [7, 11) is 0. The van der Waals surface area contributed by atoms with E-state index in [0.717, 1.165) is 12.0 Å². The van der Waals surface area contributed by atoms with E-state index in [4.69, 9.17) is 21.1 Å². The van der Waals surface area contributed by atoms with Crippen molar-refractivity contribution in [3.05, 3.63) is 86.8 Å². The van der Waals surface area contributed by atoms with Gasteiger partial charge in [0.05, 0.1) is 18.4 Å². The Labute approximate surface area is 221 Å². The molecule has 3 aromatic carbocycles. The SMILES string of the molecule is CCCOc1ccc(C(=O)Oc2ccc(Br)cc2/C=N\NC(=O)C(=O)Nc2ccc(C)c(Cl)c2)cc1. The van der Waals surface area contributed by atoms with Gasteiger partial charge in [-0.2, -0.15) is 5.10 Å². The zero-order valence-electron chi connectivity index (χ0n) is 19.5. The Morgan fingerprint density at radius 3 is 2.47 bits per heavy atom. The summed E-state index contributed by atoms with van der Waals surface area (Å²) in [5.74, 6) is -1.60. The molecular formula is C26H23BrClN3O5. The fraction of sp³-hybridized carbons (Fsp3) is 0.154. The average Bonchev–Trinajstić information content (AvgIpc) is 2.86. The van der Waals surface area contributed by atoms with Gasteiger partial charge in [0.1, 0.15) is 11.5 Å². The van der Waals surface area contributed by atoms with Crippen LogP contribution in [0.1, 0.15) is 34.8 Å². The maximum absolute atomic E-state index is 12.6. The molecule has 10 heteroatoms. The first-order valence-electron chi connectivity index (χ1n) is 10.9. The van der Waals surface area contributed by atoms with Gasteiger partial charge in [-0.3, -0.25) is 9.59 Å². The maximum Gasteiger partial charge on any atom is 0.343 e. The number of anilines is 1. The minimum Gasteiger partial charge on any atom is -0.494 e. The summed E-state index contributed by atoms with van der Waals surface area (Å²) in [6, 6.07) is 16.4. The fourth-order valence-electron chi connectivity index (χ4n) is 2.85. The number of amides is 2. The van der Waals surface area contributed by atoms with Crippen molar-refractivity contribution in [1.29, 1.82) is 0 Å². The van der Waals surface area contributed by atoms with Crippen LogP contribution in [0.2, 0.25) is 5.02 Å². The first-order chi connectivity index (χ1) is 17.3. The van der Waals surface area contributed by atoms with Gasteiger partial charge >= 0.3 is 17.8 Å². The number of halogens is 2. The minimum atomic E-state index is -0.984. The lowest BCUT2D eigenvalue weighted by Crippen LogP contribution is -2.32. The van der Waals surface area contributed by atoms with E-state index in [1.807, 2.05) is 13.8 Å². The molecule has 8 nitrogen and oxygen atoms in total. The summed E-state index contributed by atoms with van der Waals surface area (Å²) < 4.78 is 11.7. The average molecular weight is 573 g/mol. The van der Waals surface area contributed by atoms with E-state index in [9.17, 15) is 14.4 Å². The molecule has 0 bridgehead atoms. The molecule has 2 N–H and O–H groups in total. The van der Waals surface area contributed by atoms with Crippen molar-refractivity contribution < 1.29 is 23.9 Å². The molecule has 0 radical (unpaired) electrons. The van der Waals surface area contributed by atoms with Crippen molar-refractivity contribution >= 4 is 57.2 Å². The minimum absolute atomic E-state index is 0.214. The van der Waals surface area contributed by atoms with Crippen LogP contribution in [0.25, 0.3) is 0 Å². The molecule has 0 aromatic heterocycles. The number of aryl methyl sites for hydroxylation is 1. The number of carbonyl (C=O) groups excluding carboxylic acids is 3. The standard InChI is InChI=1S/C26H23BrClN3O5/c1-3-12-35-21-9-5-17(6-10-21)26(34)36-23-11-7-19(27)13-18(23)15-29-31-25(33)24(32)30-20-8-4-16(2)22(28)14-20/h4-11,13-15H,3,12H2,1-2H3,(H,30,32)(H,31,33)/b29-15-. The molecule has 0 saturated heterocycles. The Morgan fingerprint density at radius 2 is 1.78 bits per heavy atom. The maximum atomic E-state index is 12.6. The quantitative estimate of drug-likeness (QED) is 0.122. The molecular weight excluding hydrogens is 550 g/mol. The molecule has 0 saturated carbocycles. The molecule has 3 rings (SSSR count). The van der Waals surface area contributed by atoms with Crippen LogP contribution >= 0.6 is 27.5 Å². The van der Waals surface area contributed by atoms with E-state index < -0.39 is 17.8 Å². The lowest BCUT2D eigenvalue weighted by atomic mass is 10.2. The van der Waals surface area contributed by atoms with Crippen LogP contribution in [-0.2, 0) is 9.59 Å². The molecule has 0 spiro atoms. The number of carbonyl (C=O) groups is 3. The predicted octanol–water partition coefficient (Wildman–Crippen LogP) is 5.51. The van der Waals surface area contributed by atoms with Gasteiger partial charge in [0.2, 0.25) is 0 Å². The Balaban J connectivity index is 1.63. The summed E-state index contributed by atoms with van der Waals surface area (Å²) in [5, 5.41) is 6.72. The summed E-state index contributed by atoms with van der Waals surface area (Å²) >= 11 is 9.39. The van der Waals surface area contributed by atoms with E-state index in [0.29, 0.717) is 38.7 Å². The van der Waals surface area contributed by atoms with Crippen LogP contribution in [0.4, 0.5) is 5.69 Å². The molecule has 2 amide bonds. The number of hydrazone groups is 1. The van der Waals surface area contributed by atoms with E-state index in [2.05, 4.69) is 31.8 Å². The number of ether oxygens (including phenoxy) is 2. The molecule has 0 unspecified atom stereocenters. The van der Waals surface area contributed by atoms with E-state index in [1.165, 1.54) is 6.21 Å². The number of esters is 1. The largest absolute Gasteiger partial charge is 0.494 e. The highest BCUT2D eigenvalue weighted by molar-refractivity contribution is 9.10. The lowest BCUT2D eigenvalue weighted by molar-refractivity contribution is -0.136. The van der Waals surface area contributed by atoms with Gasteiger partial charge in [-0.05, 0) is 73.5 Å². The van der Waals surface area contributed by atoms with E-state index in [-0.39, 0.29) is 5.75 Å². The van der Waals surface area contributed by atoms with Crippen molar-refractivity contribution in [3.63, 3.8) is 0 Å². The zero-order chi connectivity index (χ0) is 26.1.